The first-order valence-corrected chi connectivity index (χ1v) is 9.78. The lowest BCUT2D eigenvalue weighted by atomic mass is 9.96. The minimum atomic E-state index is -0.0111. The molecular formula is C16H20ClN3OS2. The van der Waals surface area contributed by atoms with Gasteiger partial charge in [0.1, 0.15) is 9.88 Å². The van der Waals surface area contributed by atoms with Crippen molar-refractivity contribution in [2.75, 3.05) is 6.54 Å². The molecule has 23 heavy (non-hydrogen) atoms. The smallest absolute Gasteiger partial charge is 0.266 e. The molecule has 1 saturated heterocycles. The van der Waals surface area contributed by atoms with Gasteiger partial charge in [-0.2, -0.15) is 0 Å². The Morgan fingerprint density at radius 3 is 2.87 bits per heavy atom. The number of nitrogens with zero attached hydrogens (tertiary/aromatic N) is 2. The monoisotopic (exact) mass is 369 g/mol. The van der Waals surface area contributed by atoms with Crippen molar-refractivity contribution in [1.29, 1.82) is 0 Å². The van der Waals surface area contributed by atoms with E-state index in [9.17, 15) is 4.79 Å². The van der Waals surface area contributed by atoms with Crippen LogP contribution in [0.5, 0.6) is 0 Å². The summed E-state index contributed by atoms with van der Waals surface area (Å²) < 4.78 is 0.730. The number of carbonyl (C=O) groups is 1. The van der Waals surface area contributed by atoms with Crippen LogP contribution in [0.4, 0.5) is 0 Å². The first-order valence-electron chi connectivity index (χ1n) is 7.77. The largest absolute Gasteiger partial charge is 0.333 e. The van der Waals surface area contributed by atoms with Crippen molar-refractivity contribution < 1.29 is 4.79 Å². The first kappa shape index (κ1) is 16.9. The van der Waals surface area contributed by atoms with Crippen LogP contribution in [0.2, 0.25) is 4.34 Å². The molecule has 0 aliphatic carbocycles. The summed E-state index contributed by atoms with van der Waals surface area (Å²) in [5.74, 6) is 0.0657. The van der Waals surface area contributed by atoms with E-state index in [1.807, 2.05) is 30.9 Å². The number of aromatic nitrogens is 1. The molecule has 1 aliphatic rings. The molecule has 0 bridgehead atoms. The maximum Gasteiger partial charge on any atom is 0.266 e. The number of aryl methyl sites for hydroxylation is 1. The highest BCUT2D eigenvalue weighted by Gasteiger charge is 2.32. The van der Waals surface area contributed by atoms with Gasteiger partial charge in [-0.05, 0) is 45.2 Å². The summed E-state index contributed by atoms with van der Waals surface area (Å²) in [6.07, 6.45) is 3.16. The lowest BCUT2D eigenvalue weighted by Gasteiger charge is -2.37. The van der Waals surface area contributed by atoms with E-state index in [-0.39, 0.29) is 18.0 Å². The normalized spacial score (nSPS) is 19.8. The van der Waals surface area contributed by atoms with E-state index in [2.05, 4.69) is 4.98 Å². The molecule has 0 aromatic carbocycles. The van der Waals surface area contributed by atoms with Crippen LogP contribution in [0.3, 0.4) is 0 Å². The third-order valence-electron chi connectivity index (χ3n) is 4.19. The second kappa shape index (κ2) is 6.89. The summed E-state index contributed by atoms with van der Waals surface area (Å²) in [5, 5.41) is 0.858. The van der Waals surface area contributed by atoms with Gasteiger partial charge in [-0.15, -0.1) is 22.7 Å². The van der Waals surface area contributed by atoms with Crippen LogP contribution in [0, 0.1) is 6.92 Å². The SMILES string of the molecule is Cc1nc(-c2ccc(Cl)s2)sc1C(=O)N1CCCCC1C(C)N. The highest BCUT2D eigenvalue weighted by atomic mass is 35.5. The molecule has 124 valence electrons. The number of piperidine rings is 1. The molecular weight excluding hydrogens is 350 g/mol. The Bertz CT molecular complexity index is 710. The van der Waals surface area contributed by atoms with Crippen LogP contribution < -0.4 is 5.73 Å². The van der Waals surface area contributed by atoms with Gasteiger partial charge in [0.05, 0.1) is 14.9 Å². The van der Waals surface area contributed by atoms with Gasteiger partial charge in [-0.3, -0.25) is 4.79 Å². The number of nitrogens with two attached hydrogens (primary N) is 1. The number of thiazole rings is 1. The number of rotatable bonds is 3. The van der Waals surface area contributed by atoms with Crippen LogP contribution >= 0.6 is 34.3 Å². The average Bonchev–Trinajstić information content (AvgIpc) is 3.12. The fourth-order valence-corrected chi connectivity index (χ4v) is 5.14. The number of carbonyl (C=O) groups excluding carboxylic acids is 1. The van der Waals surface area contributed by atoms with Crippen molar-refractivity contribution in [2.45, 2.75) is 45.2 Å². The van der Waals surface area contributed by atoms with Crippen molar-refractivity contribution >= 4 is 40.2 Å². The molecule has 3 rings (SSSR count). The van der Waals surface area contributed by atoms with Gasteiger partial charge in [0.2, 0.25) is 0 Å². The first-order chi connectivity index (χ1) is 11.0. The summed E-state index contributed by atoms with van der Waals surface area (Å²) >= 11 is 8.94. The third kappa shape index (κ3) is 3.45. The number of hydrogen-bond acceptors (Lipinski definition) is 5. The molecule has 0 saturated carbocycles. The molecule has 1 aliphatic heterocycles. The van der Waals surface area contributed by atoms with Crippen LogP contribution in [0.15, 0.2) is 12.1 Å². The van der Waals surface area contributed by atoms with Crippen LogP contribution in [-0.4, -0.2) is 34.4 Å². The number of thiophene rings is 1. The Morgan fingerprint density at radius 1 is 1.43 bits per heavy atom. The van der Waals surface area contributed by atoms with E-state index in [0.717, 1.165) is 50.6 Å². The van der Waals surface area contributed by atoms with Gasteiger partial charge < -0.3 is 10.6 Å². The number of hydrogen-bond donors (Lipinski definition) is 1. The van der Waals surface area contributed by atoms with E-state index in [1.54, 1.807) is 0 Å². The molecule has 2 unspecified atom stereocenters. The lowest BCUT2D eigenvalue weighted by Crippen LogP contribution is -2.51. The minimum Gasteiger partial charge on any atom is -0.333 e. The van der Waals surface area contributed by atoms with E-state index >= 15 is 0 Å². The minimum absolute atomic E-state index is 0.0111. The molecule has 2 atom stereocenters. The van der Waals surface area contributed by atoms with Crippen LogP contribution in [0.25, 0.3) is 9.88 Å². The zero-order chi connectivity index (χ0) is 16.6. The highest BCUT2D eigenvalue weighted by Crippen LogP contribution is 2.36. The van der Waals surface area contributed by atoms with Gasteiger partial charge in [-0.25, -0.2) is 4.98 Å². The summed E-state index contributed by atoms with van der Waals surface area (Å²) in [6, 6.07) is 3.92. The molecule has 1 fully saturated rings. The second-order valence-corrected chi connectivity index (χ2v) is 8.67. The zero-order valence-corrected chi connectivity index (χ0v) is 15.6. The van der Waals surface area contributed by atoms with E-state index in [0.29, 0.717) is 0 Å². The Labute approximate surface area is 149 Å². The van der Waals surface area contributed by atoms with Crippen molar-refractivity contribution in [1.82, 2.24) is 9.88 Å². The lowest BCUT2D eigenvalue weighted by molar-refractivity contribution is 0.0588. The molecule has 7 heteroatoms. The molecule has 4 nitrogen and oxygen atoms in total. The number of likely N-dealkylation sites (tertiary alicyclic amines) is 1. The summed E-state index contributed by atoms with van der Waals surface area (Å²) in [6.45, 7) is 4.66. The van der Waals surface area contributed by atoms with Gasteiger partial charge >= 0.3 is 0 Å². The second-order valence-electron chi connectivity index (χ2n) is 5.96. The maximum atomic E-state index is 13.0. The van der Waals surface area contributed by atoms with Gasteiger partial charge in [0, 0.05) is 18.6 Å². The predicted octanol–water partition coefficient (Wildman–Crippen LogP) is 4.18. The fourth-order valence-electron chi connectivity index (χ4n) is 3.02. The third-order valence-corrected chi connectivity index (χ3v) is 6.74. The fraction of sp³-hybridized carbons (Fsp3) is 0.500. The van der Waals surface area contributed by atoms with E-state index in [1.165, 1.54) is 22.7 Å². The van der Waals surface area contributed by atoms with Crippen molar-refractivity contribution in [3.8, 4) is 9.88 Å². The Balaban J connectivity index is 1.88. The van der Waals surface area contributed by atoms with Crippen molar-refractivity contribution in [2.24, 2.45) is 5.73 Å². The molecule has 1 amide bonds. The molecule has 2 aromatic rings. The van der Waals surface area contributed by atoms with E-state index < -0.39 is 0 Å². The van der Waals surface area contributed by atoms with Crippen LogP contribution in [0.1, 0.15) is 41.6 Å². The molecule has 3 heterocycles. The quantitative estimate of drug-likeness (QED) is 0.882. The van der Waals surface area contributed by atoms with Gasteiger partial charge in [-0.1, -0.05) is 11.6 Å². The Kier molecular flexibility index (Phi) is 5.06. The predicted molar refractivity (Wildman–Crippen MR) is 97.5 cm³/mol. The Morgan fingerprint density at radius 2 is 2.22 bits per heavy atom. The maximum absolute atomic E-state index is 13.0. The summed E-state index contributed by atoms with van der Waals surface area (Å²) in [5.41, 5.74) is 6.88. The molecule has 2 aromatic heterocycles. The topological polar surface area (TPSA) is 59.2 Å². The average molecular weight is 370 g/mol. The number of amides is 1. The zero-order valence-electron chi connectivity index (χ0n) is 13.2. The standard InChI is InChI=1S/C16H20ClN3OS2/c1-9(18)11-5-3-4-8-20(11)16(21)14-10(2)19-15(23-14)12-6-7-13(17)22-12/h6-7,9,11H,3-5,8,18H2,1-2H3. The van der Waals surface area contributed by atoms with Crippen molar-refractivity contribution in [3.05, 3.63) is 27.0 Å². The molecule has 0 spiro atoms. The Hall–Kier alpha value is -0.950. The highest BCUT2D eigenvalue weighted by molar-refractivity contribution is 7.24. The van der Waals surface area contributed by atoms with Crippen molar-refractivity contribution in [3.63, 3.8) is 0 Å². The summed E-state index contributed by atoms with van der Waals surface area (Å²) in [4.78, 5) is 21.2. The number of halogens is 1. The molecule has 2 N–H and O–H groups in total. The van der Waals surface area contributed by atoms with Gasteiger partial charge in [0.15, 0.2) is 0 Å². The van der Waals surface area contributed by atoms with E-state index in [4.69, 9.17) is 17.3 Å². The molecule has 0 radical (unpaired) electrons. The summed E-state index contributed by atoms with van der Waals surface area (Å²) in [7, 11) is 0. The van der Waals surface area contributed by atoms with Gasteiger partial charge in [0.25, 0.3) is 5.91 Å². The van der Waals surface area contributed by atoms with Crippen LogP contribution in [-0.2, 0) is 0 Å².